The molecule has 0 saturated heterocycles. The summed E-state index contributed by atoms with van der Waals surface area (Å²) in [4.78, 5) is 21.5. The molecule has 0 aliphatic carbocycles. The third kappa shape index (κ3) is 3.27. The summed E-state index contributed by atoms with van der Waals surface area (Å²) in [6.07, 6.45) is 3.19. The quantitative estimate of drug-likeness (QED) is 0.867. The van der Waals surface area contributed by atoms with Gasteiger partial charge in [0.1, 0.15) is 12.1 Å². The van der Waals surface area contributed by atoms with Gasteiger partial charge in [-0.2, -0.15) is 5.10 Å². The van der Waals surface area contributed by atoms with Crippen LogP contribution in [0.2, 0.25) is 0 Å². The van der Waals surface area contributed by atoms with Crippen LogP contribution in [-0.4, -0.2) is 44.7 Å². The van der Waals surface area contributed by atoms with Gasteiger partial charge in [0.2, 0.25) is 0 Å². The Morgan fingerprint density at radius 1 is 1.37 bits per heavy atom. The largest absolute Gasteiger partial charge is 0.363 e. The highest BCUT2D eigenvalue weighted by Gasteiger charge is 2.08. The van der Waals surface area contributed by atoms with Crippen LogP contribution >= 0.6 is 0 Å². The molecular weight excluding hydrogens is 244 g/mol. The summed E-state index contributed by atoms with van der Waals surface area (Å²) >= 11 is 0. The number of carbonyl (C=O) groups excluding carboxylic acids is 1. The van der Waals surface area contributed by atoms with Crippen LogP contribution in [0.25, 0.3) is 0 Å². The van der Waals surface area contributed by atoms with Gasteiger partial charge in [-0.3, -0.25) is 9.48 Å². The zero-order chi connectivity index (χ0) is 13.8. The smallest absolute Gasteiger partial charge is 0.254 e. The van der Waals surface area contributed by atoms with Crippen LogP contribution in [0.15, 0.2) is 24.7 Å². The van der Waals surface area contributed by atoms with Crippen LogP contribution in [0, 0.1) is 0 Å². The zero-order valence-electron chi connectivity index (χ0n) is 11.2. The van der Waals surface area contributed by atoms with E-state index >= 15 is 0 Å². The first-order valence-corrected chi connectivity index (χ1v) is 5.82. The Bertz CT molecular complexity index is 560. The number of amides is 1. The molecule has 100 valence electrons. The Hall–Kier alpha value is -2.44. The molecule has 0 fully saturated rings. The number of carbonyl (C=O) groups is 1. The molecule has 19 heavy (non-hydrogen) atoms. The fourth-order valence-electron chi connectivity index (χ4n) is 1.52. The summed E-state index contributed by atoms with van der Waals surface area (Å²) in [5.74, 6) is 1.31. The lowest BCUT2D eigenvalue weighted by Crippen LogP contribution is -2.21. The summed E-state index contributed by atoms with van der Waals surface area (Å²) < 4.78 is 1.64. The van der Waals surface area contributed by atoms with Crippen molar-refractivity contribution in [3.05, 3.63) is 36.0 Å². The molecule has 2 aromatic rings. The fourth-order valence-corrected chi connectivity index (χ4v) is 1.52. The molecular formula is C12H16N6O. The molecule has 0 aliphatic rings. The molecule has 1 amide bonds. The monoisotopic (exact) mass is 260 g/mol. The molecule has 0 radical (unpaired) electrons. The minimum absolute atomic E-state index is 0.0644. The predicted octanol–water partition coefficient (Wildman–Crippen LogP) is 0.524. The van der Waals surface area contributed by atoms with Crippen LogP contribution in [0.5, 0.6) is 0 Å². The van der Waals surface area contributed by atoms with E-state index in [0.717, 1.165) is 0 Å². The van der Waals surface area contributed by atoms with Crippen molar-refractivity contribution in [2.75, 3.05) is 19.4 Å². The molecule has 0 unspecified atom stereocenters. The summed E-state index contributed by atoms with van der Waals surface area (Å²) in [6.45, 7) is 0.495. The predicted molar refractivity (Wildman–Crippen MR) is 70.6 cm³/mol. The molecule has 2 rings (SSSR count). The van der Waals surface area contributed by atoms with E-state index in [2.05, 4.69) is 20.4 Å². The van der Waals surface area contributed by atoms with Crippen molar-refractivity contribution in [1.29, 1.82) is 0 Å². The van der Waals surface area contributed by atoms with E-state index in [4.69, 9.17) is 0 Å². The van der Waals surface area contributed by atoms with Gasteiger partial charge in [0, 0.05) is 27.3 Å². The maximum Gasteiger partial charge on any atom is 0.254 e. The Morgan fingerprint density at radius 2 is 2.16 bits per heavy atom. The number of anilines is 1. The highest BCUT2D eigenvalue weighted by Crippen LogP contribution is 2.07. The Labute approximate surface area is 111 Å². The van der Waals surface area contributed by atoms with Crippen molar-refractivity contribution in [1.82, 2.24) is 24.6 Å². The van der Waals surface area contributed by atoms with Gasteiger partial charge in [-0.05, 0) is 12.1 Å². The Balaban J connectivity index is 1.97. The number of rotatable bonds is 4. The van der Waals surface area contributed by atoms with Gasteiger partial charge in [0.25, 0.3) is 5.91 Å². The van der Waals surface area contributed by atoms with Gasteiger partial charge in [-0.1, -0.05) is 0 Å². The normalized spacial score (nSPS) is 10.3. The van der Waals surface area contributed by atoms with Crippen LogP contribution in [-0.2, 0) is 13.6 Å². The van der Waals surface area contributed by atoms with E-state index in [1.54, 1.807) is 43.4 Å². The van der Waals surface area contributed by atoms with Crippen molar-refractivity contribution < 1.29 is 4.79 Å². The number of pyridine rings is 1. The van der Waals surface area contributed by atoms with Gasteiger partial charge in [-0.15, -0.1) is 0 Å². The molecule has 0 aromatic carbocycles. The van der Waals surface area contributed by atoms with Gasteiger partial charge in [-0.25, -0.2) is 9.97 Å². The highest BCUT2D eigenvalue weighted by molar-refractivity contribution is 5.93. The van der Waals surface area contributed by atoms with Crippen molar-refractivity contribution in [3.8, 4) is 0 Å². The molecule has 2 heterocycles. The number of hydrogen-bond donors (Lipinski definition) is 1. The molecule has 0 atom stereocenters. The van der Waals surface area contributed by atoms with Crippen LogP contribution in [0.4, 0.5) is 5.82 Å². The van der Waals surface area contributed by atoms with Gasteiger partial charge in [0.05, 0.1) is 12.1 Å². The highest BCUT2D eigenvalue weighted by atomic mass is 16.2. The second-order valence-electron chi connectivity index (χ2n) is 4.32. The summed E-state index contributed by atoms with van der Waals surface area (Å²) in [5.41, 5.74) is 0.562. The first kappa shape index (κ1) is 13.0. The van der Waals surface area contributed by atoms with Crippen LogP contribution < -0.4 is 5.32 Å². The van der Waals surface area contributed by atoms with E-state index in [1.165, 1.54) is 4.90 Å². The molecule has 0 aliphatic heterocycles. The molecule has 2 aromatic heterocycles. The number of hydrogen-bond acceptors (Lipinski definition) is 5. The van der Waals surface area contributed by atoms with Crippen molar-refractivity contribution in [2.24, 2.45) is 7.05 Å². The summed E-state index contributed by atoms with van der Waals surface area (Å²) in [7, 11) is 5.23. The maximum atomic E-state index is 11.7. The van der Waals surface area contributed by atoms with Crippen molar-refractivity contribution >= 4 is 11.7 Å². The third-order valence-corrected chi connectivity index (χ3v) is 2.49. The first-order chi connectivity index (χ1) is 9.06. The molecule has 0 bridgehead atoms. The van der Waals surface area contributed by atoms with E-state index in [1.807, 2.05) is 7.05 Å². The third-order valence-electron chi connectivity index (χ3n) is 2.49. The summed E-state index contributed by atoms with van der Waals surface area (Å²) in [5, 5.41) is 7.24. The van der Waals surface area contributed by atoms with Gasteiger partial charge < -0.3 is 10.2 Å². The molecule has 7 heteroatoms. The van der Waals surface area contributed by atoms with Gasteiger partial charge >= 0.3 is 0 Å². The van der Waals surface area contributed by atoms with Crippen LogP contribution in [0.3, 0.4) is 0 Å². The SMILES string of the molecule is CN(C)C(=O)c1ccc(NCc2ncn(C)n2)nc1. The number of aryl methyl sites for hydroxylation is 1. The molecule has 0 spiro atoms. The van der Waals surface area contributed by atoms with Gasteiger partial charge in [0.15, 0.2) is 5.82 Å². The summed E-state index contributed by atoms with van der Waals surface area (Å²) in [6, 6.07) is 3.50. The lowest BCUT2D eigenvalue weighted by atomic mass is 10.2. The number of nitrogens with zero attached hydrogens (tertiary/aromatic N) is 5. The lowest BCUT2D eigenvalue weighted by Gasteiger charge is -2.10. The number of nitrogens with one attached hydrogen (secondary N) is 1. The fraction of sp³-hybridized carbons (Fsp3) is 0.333. The number of aromatic nitrogens is 4. The second kappa shape index (κ2) is 5.47. The maximum absolute atomic E-state index is 11.7. The van der Waals surface area contributed by atoms with E-state index in [-0.39, 0.29) is 5.91 Å². The standard InChI is InChI=1S/C12H16N6O/c1-17(2)12(19)9-4-5-10(13-6-9)14-7-11-15-8-18(3)16-11/h4-6,8H,7H2,1-3H3,(H,13,14). The second-order valence-corrected chi connectivity index (χ2v) is 4.32. The Morgan fingerprint density at radius 3 is 2.68 bits per heavy atom. The Kier molecular flexibility index (Phi) is 3.74. The van der Waals surface area contributed by atoms with Crippen LogP contribution in [0.1, 0.15) is 16.2 Å². The average molecular weight is 260 g/mol. The lowest BCUT2D eigenvalue weighted by molar-refractivity contribution is 0.0827. The zero-order valence-corrected chi connectivity index (χ0v) is 11.2. The van der Waals surface area contributed by atoms with Crippen molar-refractivity contribution in [2.45, 2.75) is 6.54 Å². The minimum Gasteiger partial charge on any atom is -0.363 e. The average Bonchev–Trinajstić information content (AvgIpc) is 2.82. The molecule has 7 nitrogen and oxygen atoms in total. The van der Waals surface area contributed by atoms with Crippen molar-refractivity contribution in [3.63, 3.8) is 0 Å². The van der Waals surface area contributed by atoms with E-state index in [9.17, 15) is 4.79 Å². The first-order valence-electron chi connectivity index (χ1n) is 5.82. The van der Waals surface area contributed by atoms with E-state index in [0.29, 0.717) is 23.8 Å². The molecule has 1 N–H and O–H groups in total. The minimum atomic E-state index is -0.0644. The van der Waals surface area contributed by atoms with E-state index < -0.39 is 0 Å². The topological polar surface area (TPSA) is 75.9 Å². The molecule has 0 saturated carbocycles.